The van der Waals surface area contributed by atoms with E-state index in [2.05, 4.69) is 11.9 Å². The van der Waals surface area contributed by atoms with E-state index in [1.165, 1.54) is 5.57 Å². The monoisotopic (exact) mass is 303 g/mol. The molecule has 1 heterocycles. The highest BCUT2D eigenvalue weighted by Crippen LogP contribution is 2.45. The molecular weight excluding hydrogens is 286 g/mol. The number of halogens is 1. The fraction of sp³-hybridized carbons (Fsp3) is 0.353. The second-order valence-electron chi connectivity index (χ2n) is 5.25. The SMILES string of the molecule is CCC1=C(OC)CCC2=C1C(O)C=C2c1ccc(Cl)nc1. The Hall–Kier alpha value is -1.58. The van der Waals surface area contributed by atoms with E-state index in [1.807, 2.05) is 12.1 Å². The summed E-state index contributed by atoms with van der Waals surface area (Å²) in [6.07, 6.45) is 5.73. The highest BCUT2D eigenvalue weighted by Gasteiger charge is 2.32. The van der Waals surface area contributed by atoms with E-state index in [9.17, 15) is 5.11 Å². The number of hydrogen-bond donors (Lipinski definition) is 1. The van der Waals surface area contributed by atoms with E-state index in [1.54, 1.807) is 19.4 Å². The van der Waals surface area contributed by atoms with E-state index in [0.29, 0.717) is 5.15 Å². The average Bonchev–Trinajstić information content (AvgIpc) is 2.84. The summed E-state index contributed by atoms with van der Waals surface area (Å²) in [6.45, 7) is 2.10. The van der Waals surface area contributed by atoms with Crippen LogP contribution < -0.4 is 0 Å². The number of aliphatic hydroxyl groups is 1. The molecular formula is C17H18ClNO2. The molecule has 21 heavy (non-hydrogen) atoms. The lowest BCUT2D eigenvalue weighted by Gasteiger charge is -2.24. The Morgan fingerprint density at radius 2 is 2.19 bits per heavy atom. The van der Waals surface area contributed by atoms with Crippen molar-refractivity contribution >= 4 is 17.2 Å². The van der Waals surface area contributed by atoms with Gasteiger partial charge in [-0.15, -0.1) is 0 Å². The van der Waals surface area contributed by atoms with Crippen molar-refractivity contribution in [3.63, 3.8) is 0 Å². The van der Waals surface area contributed by atoms with Crippen LogP contribution in [-0.2, 0) is 4.74 Å². The van der Waals surface area contributed by atoms with Crippen LogP contribution in [0.2, 0.25) is 5.15 Å². The molecule has 1 N–H and O–H groups in total. The number of rotatable bonds is 3. The Labute approximate surface area is 129 Å². The summed E-state index contributed by atoms with van der Waals surface area (Å²) in [6, 6.07) is 3.73. The van der Waals surface area contributed by atoms with Crippen LogP contribution in [0.15, 0.2) is 46.9 Å². The standard InChI is InChI=1S/C17H18ClNO2/c1-3-11-15(21-2)6-5-12-13(8-14(20)17(11)12)10-4-7-16(18)19-9-10/h4,7-9,14,20H,3,5-6H2,1-2H3. The van der Waals surface area contributed by atoms with Gasteiger partial charge in [0.1, 0.15) is 5.15 Å². The molecule has 0 aliphatic heterocycles. The lowest BCUT2D eigenvalue weighted by Crippen LogP contribution is -2.13. The molecule has 0 saturated heterocycles. The average molecular weight is 304 g/mol. The van der Waals surface area contributed by atoms with E-state index in [4.69, 9.17) is 16.3 Å². The second-order valence-corrected chi connectivity index (χ2v) is 5.63. The van der Waals surface area contributed by atoms with Gasteiger partial charge in [-0.3, -0.25) is 0 Å². The van der Waals surface area contributed by atoms with Crippen LogP contribution in [0.25, 0.3) is 5.57 Å². The van der Waals surface area contributed by atoms with Crippen molar-refractivity contribution < 1.29 is 9.84 Å². The summed E-state index contributed by atoms with van der Waals surface area (Å²) >= 11 is 5.85. The summed E-state index contributed by atoms with van der Waals surface area (Å²) in [4.78, 5) is 4.14. The third kappa shape index (κ3) is 2.41. The number of allylic oxidation sites excluding steroid dienone is 3. The summed E-state index contributed by atoms with van der Waals surface area (Å²) in [5, 5.41) is 10.9. The number of ether oxygens (including phenoxy) is 1. The number of aromatic nitrogens is 1. The van der Waals surface area contributed by atoms with Crippen molar-refractivity contribution in [2.45, 2.75) is 32.3 Å². The van der Waals surface area contributed by atoms with Gasteiger partial charge in [0.05, 0.1) is 19.0 Å². The molecule has 1 atom stereocenters. The molecule has 1 aromatic rings. The quantitative estimate of drug-likeness (QED) is 0.861. The summed E-state index contributed by atoms with van der Waals surface area (Å²) in [7, 11) is 1.70. The lowest BCUT2D eigenvalue weighted by atomic mass is 9.85. The van der Waals surface area contributed by atoms with Gasteiger partial charge in [-0.05, 0) is 53.3 Å². The first-order valence-corrected chi connectivity index (χ1v) is 7.55. The van der Waals surface area contributed by atoms with E-state index in [-0.39, 0.29) is 0 Å². The third-order valence-corrected chi connectivity index (χ3v) is 4.40. The Kier molecular flexibility index (Phi) is 3.87. The first-order valence-electron chi connectivity index (χ1n) is 7.17. The molecule has 0 spiro atoms. The summed E-state index contributed by atoms with van der Waals surface area (Å²) < 4.78 is 5.49. The van der Waals surface area contributed by atoms with E-state index < -0.39 is 6.10 Å². The van der Waals surface area contributed by atoms with Crippen LogP contribution in [0.4, 0.5) is 0 Å². The molecule has 0 saturated carbocycles. The summed E-state index contributed by atoms with van der Waals surface area (Å²) in [5.74, 6) is 0.999. The molecule has 1 unspecified atom stereocenters. The first-order chi connectivity index (χ1) is 10.2. The van der Waals surface area contributed by atoms with Crippen molar-refractivity contribution in [1.82, 2.24) is 4.98 Å². The molecule has 1 aromatic heterocycles. The normalized spacial score (nSPS) is 21.5. The van der Waals surface area contributed by atoms with Crippen LogP contribution in [0, 0.1) is 0 Å². The fourth-order valence-electron chi connectivity index (χ4n) is 3.25. The lowest BCUT2D eigenvalue weighted by molar-refractivity contribution is 0.247. The van der Waals surface area contributed by atoms with Crippen molar-refractivity contribution in [2.75, 3.05) is 7.11 Å². The zero-order valence-electron chi connectivity index (χ0n) is 12.2. The predicted molar refractivity (Wildman–Crippen MR) is 83.8 cm³/mol. The second kappa shape index (κ2) is 5.66. The highest BCUT2D eigenvalue weighted by atomic mass is 35.5. The third-order valence-electron chi connectivity index (χ3n) is 4.17. The van der Waals surface area contributed by atoms with Crippen molar-refractivity contribution in [3.8, 4) is 0 Å². The van der Waals surface area contributed by atoms with Gasteiger partial charge in [0.15, 0.2) is 0 Å². The molecule has 0 aromatic carbocycles. The summed E-state index contributed by atoms with van der Waals surface area (Å²) in [5.41, 5.74) is 5.44. The minimum absolute atomic E-state index is 0.478. The zero-order valence-corrected chi connectivity index (χ0v) is 12.9. The van der Waals surface area contributed by atoms with Crippen molar-refractivity contribution in [2.24, 2.45) is 0 Å². The van der Waals surface area contributed by atoms with Gasteiger partial charge in [0.25, 0.3) is 0 Å². The number of aliphatic hydroxyl groups excluding tert-OH is 1. The van der Waals surface area contributed by atoms with E-state index in [0.717, 1.165) is 47.3 Å². The largest absolute Gasteiger partial charge is 0.501 e. The van der Waals surface area contributed by atoms with Gasteiger partial charge in [0, 0.05) is 18.2 Å². The molecule has 2 aliphatic rings. The van der Waals surface area contributed by atoms with Gasteiger partial charge in [-0.25, -0.2) is 4.98 Å². The fourth-order valence-corrected chi connectivity index (χ4v) is 3.37. The first kappa shape index (κ1) is 14.4. The van der Waals surface area contributed by atoms with Gasteiger partial charge in [0.2, 0.25) is 0 Å². The molecule has 4 heteroatoms. The maximum Gasteiger partial charge on any atom is 0.129 e. The Morgan fingerprint density at radius 3 is 2.81 bits per heavy atom. The molecule has 0 fully saturated rings. The van der Waals surface area contributed by atoms with Crippen LogP contribution in [-0.4, -0.2) is 23.3 Å². The van der Waals surface area contributed by atoms with Gasteiger partial charge >= 0.3 is 0 Å². The number of hydrogen-bond acceptors (Lipinski definition) is 3. The zero-order chi connectivity index (χ0) is 15.0. The van der Waals surface area contributed by atoms with Crippen LogP contribution >= 0.6 is 11.6 Å². The van der Waals surface area contributed by atoms with Crippen LogP contribution in [0.1, 0.15) is 31.7 Å². The molecule has 110 valence electrons. The van der Waals surface area contributed by atoms with Crippen LogP contribution in [0.3, 0.4) is 0 Å². The number of pyridine rings is 1. The minimum Gasteiger partial charge on any atom is -0.501 e. The minimum atomic E-state index is -0.564. The van der Waals surface area contributed by atoms with Crippen molar-refractivity contribution in [3.05, 3.63) is 57.6 Å². The topological polar surface area (TPSA) is 42.4 Å². The van der Waals surface area contributed by atoms with Gasteiger partial charge in [-0.1, -0.05) is 18.5 Å². The maximum atomic E-state index is 10.5. The Bertz CT molecular complexity index is 656. The molecule has 2 aliphatic carbocycles. The molecule has 3 nitrogen and oxygen atoms in total. The van der Waals surface area contributed by atoms with Gasteiger partial charge < -0.3 is 9.84 Å². The Balaban J connectivity index is 2.07. The maximum absolute atomic E-state index is 10.5. The molecule has 0 bridgehead atoms. The van der Waals surface area contributed by atoms with Gasteiger partial charge in [-0.2, -0.15) is 0 Å². The van der Waals surface area contributed by atoms with E-state index >= 15 is 0 Å². The Morgan fingerprint density at radius 1 is 1.38 bits per heavy atom. The molecule has 3 rings (SSSR count). The van der Waals surface area contributed by atoms with Crippen molar-refractivity contribution in [1.29, 1.82) is 0 Å². The predicted octanol–water partition coefficient (Wildman–Crippen LogP) is 3.89. The number of nitrogens with zero attached hydrogens (tertiary/aromatic N) is 1. The highest BCUT2D eigenvalue weighted by molar-refractivity contribution is 6.29. The smallest absolute Gasteiger partial charge is 0.129 e. The molecule has 0 amide bonds. The number of methoxy groups -OCH3 is 1. The molecule has 0 radical (unpaired) electrons. The van der Waals surface area contributed by atoms with Crippen LogP contribution in [0.5, 0.6) is 0 Å².